The second kappa shape index (κ2) is 11.3. The number of thioether (sulfide) groups is 1. The molecule has 1 heterocycles. The molecule has 41 heavy (non-hydrogen) atoms. The van der Waals surface area contributed by atoms with Gasteiger partial charge in [-0.05, 0) is 81.7 Å². The van der Waals surface area contributed by atoms with E-state index in [9.17, 15) is 14.4 Å². The largest absolute Gasteiger partial charge is 0.490 e. The van der Waals surface area contributed by atoms with Gasteiger partial charge < -0.3 is 9.47 Å². The van der Waals surface area contributed by atoms with Crippen LogP contribution in [0.3, 0.4) is 0 Å². The highest BCUT2D eigenvalue weighted by Crippen LogP contribution is 2.36. The van der Waals surface area contributed by atoms with Crippen molar-refractivity contribution in [2.45, 2.75) is 13.5 Å². The van der Waals surface area contributed by atoms with E-state index in [1.54, 1.807) is 30.3 Å². The third-order valence-corrected chi connectivity index (χ3v) is 7.71. The van der Waals surface area contributed by atoms with Crippen LogP contribution < -0.4 is 9.47 Å². The minimum Gasteiger partial charge on any atom is -0.490 e. The monoisotopic (exact) mass is 559 g/mol. The lowest BCUT2D eigenvalue weighted by Crippen LogP contribution is -2.27. The fourth-order valence-electron chi connectivity index (χ4n) is 4.83. The first-order valence-corrected chi connectivity index (χ1v) is 14.0. The Kier molecular flexibility index (Phi) is 7.27. The molecule has 0 aromatic heterocycles. The Bertz CT molecular complexity index is 1860. The van der Waals surface area contributed by atoms with E-state index in [2.05, 4.69) is 0 Å². The molecule has 1 aliphatic heterocycles. The van der Waals surface area contributed by atoms with Gasteiger partial charge in [0.2, 0.25) is 0 Å². The second-order valence-corrected chi connectivity index (χ2v) is 10.5. The Morgan fingerprint density at radius 3 is 2.39 bits per heavy atom. The molecule has 0 atom stereocenters. The van der Waals surface area contributed by atoms with Gasteiger partial charge in [-0.1, -0.05) is 78.9 Å². The predicted octanol–water partition coefficient (Wildman–Crippen LogP) is 7.85. The molecule has 0 bridgehead atoms. The van der Waals surface area contributed by atoms with E-state index in [4.69, 9.17) is 9.47 Å². The van der Waals surface area contributed by atoms with Crippen molar-refractivity contribution in [2.75, 3.05) is 6.61 Å². The van der Waals surface area contributed by atoms with Crippen molar-refractivity contribution in [1.29, 1.82) is 0 Å². The molecule has 1 aliphatic rings. The number of rotatable bonds is 7. The van der Waals surface area contributed by atoms with Crippen molar-refractivity contribution in [3.63, 3.8) is 0 Å². The molecule has 0 N–H and O–H groups in total. The molecule has 202 valence electrons. The normalized spacial score (nSPS) is 14.3. The number of nitrogens with zero attached hydrogens (tertiary/aromatic N) is 1. The summed E-state index contributed by atoms with van der Waals surface area (Å²) in [5.74, 6) is -0.209. The van der Waals surface area contributed by atoms with E-state index in [0.29, 0.717) is 28.4 Å². The fraction of sp³-hybridized carbons (Fsp3) is 0.0882. The number of ether oxygens (including phenoxy) is 2. The maximum Gasteiger partial charge on any atom is 0.344 e. The van der Waals surface area contributed by atoms with Crippen LogP contribution in [-0.4, -0.2) is 28.6 Å². The highest BCUT2D eigenvalue weighted by atomic mass is 32.2. The first-order chi connectivity index (χ1) is 20.0. The van der Waals surface area contributed by atoms with Crippen molar-refractivity contribution in [1.82, 2.24) is 4.90 Å². The van der Waals surface area contributed by atoms with Crippen LogP contribution in [0.4, 0.5) is 4.79 Å². The van der Waals surface area contributed by atoms with Crippen molar-refractivity contribution in [2.24, 2.45) is 0 Å². The summed E-state index contributed by atoms with van der Waals surface area (Å²) < 4.78 is 11.5. The standard InChI is InChI=1S/C34H25NO5S/c1-2-39-30-19-22(15-17-29(30)40-33(37)28-13-7-11-25-9-5-6-12-27(25)28)20-31-32(36)35(34(38)41-31)21-23-14-16-24-8-3-4-10-26(24)18-23/h3-20H,2,21H2,1H3/b31-20-. The maximum absolute atomic E-state index is 13.2. The van der Waals surface area contributed by atoms with Crippen LogP contribution in [0.2, 0.25) is 0 Å². The molecule has 0 radical (unpaired) electrons. The van der Waals surface area contributed by atoms with E-state index < -0.39 is 5.97 Å². The lowest BCUT2D eigenvalue weighted by molar-refractivity contribution is -0.123. The molecule has 1 saturated heterocycles. The average molecular weight is 560 g/mol. The van der Waals surface area contributed by atoms with Gasteiger partial charge in [-0.2, -0.15) is 0 Å². The van der Waals surface area contributed by atoms with Gasteiger partial charge in [0.1, 0.15) is 0 Å². The summed E-state index contributed by atoms with van der Waals surface area (Å²) in [4.78, 5) is 40.6. The summed E-state index contributed by atoms with van der Waals surface area (Å²) in [6, 6.07) is 32.1. The average Bonchev–Trinajstić information content (AvgIpc) is 3.25. The SMILES string of the molecule is CCOc1cc(/C=C2\SC(=O)N(Cc3ccc4ccccc4c3)C2=O)ccc1OC(=O)c1cccc2ccccc12. The maximum atomic E-state index is 13.2. The summed E-state index contributed by atoms with van der Waals surface area (Å²) in [5.41, 5.74) is 1.98. The van der Waals surface area contributed by atoms with Gasteiger partial charge >= 0.3 is 5.97 Å². The molecule has 0 aliphatic carbocycles. The molecule has 5 aromatic rings. The van der Waals surface area contributed by atoms with Crippen LogP contribution >= 0.6 is 11.8 Å². The molecule has 1 fully saturated rings. The number of carbonyl (C=O) groups excluding carboxylic acids is 3. The number of carbonyl (C=O) groups is 3. The number of fused-ring (bicyclic) bond motifs is 2. The first kappa shape index (κ1) is 26.3. The Morgan fingerprint density at radius 1 is 0.805 bits per heavy atom. The van der Waals surface area contributed by atoms with Crippen LogP contribution in [-0.2, 0) is 11.3 Å². The molecule has 0 saturated carbocycles. The highest BCUT2D eigenvalue weighted by molar-refractivity contribution is 8.18. The van der Waals surface area contributed by atoms with Gasteiger partial charge in [-0.3, -0.25) is 14.5 Å². The zero-order valence-electron chi connectivity index (χ0n) is 22.2. The van der Waals surface area contributed by atoms with Crippen LogP contribution in [0, 0.1) is 0 Å². The van der Waals surface area contributed by atoms with Crippen molar-refractivity contribution >= 4 is 56.5 Å². The zero-order chi connectivity index (χ0) is 28.3. The minimum absolute atomic E-state index is 0.195. The third-order valence-electron chi connectivity index (χ3n) is 6.81. The van der Waals surface area contributed by atoms with Gasteiger partial charge in [0.15, 0.2) is 11.5 Å². The molecule has 6 nitrogen and oxygen atoms in total. The van der Waals surface area contributed by atoms with Crippen LogP contribution in [0.1, 0.15) is 28.4 Å². The number of hydrogen-bond acceptors (Lipinski definition) is 6. The Labute approximate surface area is 241 Å². The van der Waals surface area contributed by atoms with Gasteiger partial charge in [0.05, 0.1) is 23.6 Å². The molecule has 7 heteroatoms. The van der Waals surface area contributed by atoms with E-state index in [-0.39, 0.29) is 23.4 Å². The first-order valence-electron chi connectivity index (χ1n) is 13.2. The van der Waals surface area contributed by atoms with E-state index in [1.165, 1.54) is 4.90 Å². The number of hydrogen-bond donors (Lipinski definition) is 0. The molecule has 0 unspecified atom stereocenters. The smallest absolute Gasteiger partial charge is 0.344 e. The van der Waals surface area contributed by atoms with Crippen LogP contribution in [0.15, 0.2) is 108 Å². The summed E-state index contributed by atoms with van der Waals surface area (Å²) in [6.45, 7) is 2.38. The molecule has 2 amide bonds. The second-order valence-electron chi connectivity index (χ2n) is 9.50. The summed E-state index contributed by atoms with van der Waals surface area (Å²) in [7, 11) is 0. The molecular formula is C34H25NO5S. The van der Waals surface area contributed by atoms with Crippen molar-refractivity contribution < 1.29 is 23.9 Å². The molecule has 6 rings (SSSR count). The third kappa shape index (κ3) is 5.44. The summed E-state index contributed by atoms with van der Waals surface area (Å²) >= 11 is 0.904. The molecule has 5 aromatic carbocycles. The van der Waals surface area contributed by atoms with E-state index >= 15 is 0 Å². The number of amides is 2. The lowest BCUT2D eigenvalue weighted by atomic mass is 10.0. The Morgan fingerprint density at radius 2 is 1.56 bits per heavy atom. The summed E-state index contributed by atoms with van der Waals surface area (Å²) in [5, 5.41) is 3.57. The minimum atomic E-state index is -0.495. The highest BCUT2D eigenvalue weighted by Gasteiger charge is 2.35. The molecule has 0 spiro atoms. The summed E-state index contributed by atoms with van der Waals surface area (Å²) in [6.07, 6.45) is 1.66. The van der Waals surface area contributed by atoms with Gasteiger partial charge in [-0.25, -0.2) is 4.79 Å². The van der Waals surface area contributed by atoms with Gasteiger partial charge in [0.25, 0.3) is 11.1 Å². The van der Waals surface area contributed by atoms with Gasteiger partial charge in [-0.15, -0.1) is 0 Å². The predicted molar refractivity (Wildman–Crippen MR) is 162 cm³/mol. The molecular weight excluding hydrogens is 534 g/mol. The number of imide groups is 1. The van der Waals surface area contributed by atoms with E-state index in [0.717, 1.165) is 38.9 Å². The van der Waals surface area contributed by atoms with E-state index in [1.807, 2.05) is 85.8 Å². The van der Waals surface area contributed by atoms with Gasteiger partial charge in [0, 0.05) is 0 Å². The Hall–Kier alpha value is -4.88. The van der Waals surface area contributed by atoms with Crippen LogP contribution in [0.25, 0.3) is 27.6 Å². The number of benzene rings is 5. The topological polar surface area (TPSA) is 72.9 Å². The van der Waals surface area contributed by atoms with Crippen molar-refractivity contribution in [3.8, 4) is 11.5 Å². The lowest BCUT2D eigenvalue weighted by Gasteiger charge is -2.13. The van der Waals surface area contributed by atoms with Crippen LogP contribution in [0.5, 0.6) is 11.5 Å². The van der Waals surface area contributed by atoms with Crippen molar-refractivity contribution in [3.05, 3.63) is 125 Å². The fourth-order valence-corrected chi connectivity index (χ4v) is 5.67. The zero-order valence-corrected chi connectivity index (χ0v) is 23.0. The Balaban J connectivity index is 1.22. The quantitative estimate of drug-likeness (QED) is 0.115. The number of esters is 1.